The summed E-state index contributed by atoms with van der Waals surface area (Å²) in [5, 5.41) is 9.68. The first-order chi connectivity index (χ1) is 9.81. The molecule has 21 heavy (non-hydrogen) atoms. The number of methoxy groups -OCH3 is 1. The van der Waals surface area contributed by atoms with Crippen molar-refractivity contribution in [3.63, 3.8) is 0 Å². The molecular weight excluding hydrogens is 292 g/mol. The van der Waals surface area contributed by atoms with Crippen LogP contribution in [0.2, 0.25) is 0 Å². The van der Waals surface area contributed by atoms with Gasteiger partial charge in [-0.1, -0.05) is 13.8 Å². The summed E-state index contributed by atoms with van der Waals surface area (Å²) in [5.41, 5.74) is 5.38. The first-order valence-electron chi connectivity index (χ1n) is 6.83. The van der Waals surface area contributed by atoms with E-state index in [1.165, 1.54) is 23.5 Å². The van der Waals surface area contributed by atoms with Gasteiger partial charge in [0.1, 0.15) is 5.75 Å². The van der Waals surface area contributed by atoms with E-state index >= 15 is 0 Å². The molecule has 0 fully saturated rings. The fourth-order valence-corrected chi connectivity index (χ4v) is 3.53. The van der Waals surface area contributed by atoms with Gasteiger partial charge in [0.05, 0.1) is 18.1 Å². The lowest BCUT2D eigenvalue weighted by molar-refractivity contribution is 0.149. The summed E-state index contributed by atoms with van der Waals surface area (Å²) in [6.45, 7) is 4.18. The monoisotopic (exact) mass is 316 g/mol. The van der Waals surface area contributed by atoms with Crippen LogP contribution in [0.4, 0.5) is 0 Å². The number of aliphatic hydroxyl groups excluding tert-OH is 1. The molecule has 0 saturated carbocycles. The van der Waals surface area contributed by atoms with E-state index in [1.54, 1.807) is 12.1 Å². The quantitative estimate of drug-likeness (QED) is 0.735. The molecule has 3 N–H and O–H groups in total. The van der Waals surface area contributed by atoms with Crippen LogP contribution in [0.5, 0.6) is 5.75 Å². The van der Waals surface area contributed by atoms with Gasteiger partial charge in [0.2, 0.25) is 10.0 Å². The zero-order valence-corrected chi connectivity index (χ0v) is 13.5. The maximum atomic E-state index is 12.7. The third-order valence-electron chi connectivity index (χ3n) is 2.95. The van der Waals surface area contributed by atoms with Crippen molar-refractivity contribution in [2.24, 2.45) is 11.7 Å². The largest absolute Gasteiger partial charge is 0.497 e. The lowest BCUT2D eigenvalue weighted by Crippen LogP contribution is -2.42. The van der Waals surface area contributed by atoms with Gasteiger partial charge in [-0.05, 0) is 30.2 Å². The SMILES string of the molecule is COc1ccc(S(=O)(=O)N(CC(C)C)C[C@H](O)CN)cc1. The molecule has 1 aromatic rings. The Morgan fingerprint density at radius 1 is 1.24 bits per heavy atom. The number of hydrogen-bond acceptors (Lipinski definition) is 5. The van der Waals surface area contributed by atoms with Gasteiger partial charge in [-0.25, -0.2) is 8.42 Å². The summed E-state index contributed by atoms with van der Waals surface area (Å²) >= 11 is 0. The van der Waals surface area contributed by atoms with Crippen molar-refractivity contribution < 1.29 is 18.3 Å². The molecule has 0 heterocycles. The van der Waals surface area contributed by atoms with Gasteiger partial charge >= 0.3 is 0 Å². The van der Waals surface area contributed by atoms with Crippen LogP contribution in [0.1, 0.15) is 13.8 Å². The minimum absolute atomic E-state index is 0.0109. The maximum absolute atomic E-state index is 12.7. The van der Waals surface area contributed by atoms with E-state index in [2.05, 4.69) is 0 Å². The van der Waals surface area contributed by atoms with Crippen molar-refractivity contribution in [3.05, 3.63) is 24.3 Å². The van der Waals surface area contributed by atoms with Crippen LogP contribution in [-0.4, -0.2) is 50.7 Å². The molecule has 0 amide bonds. The van der Waals surface area contributed by atoms with Gasteiger partial charge in [0.15, 0.2) is 0 Å². The highest BCUT2D eigenvalue weighted by molar-refractivity contribution is 7.89. The molecule has 0 aliphatic heterocycles. The summed E-state index contributed by atoms with van der Waals surface area (Å²) in [4.78, 5) is 0.174. The summed E-state index contributed by atoms with van der Waals surface area (Å²) in [5.74, 6) is 0.731. The first-order valence-corrected chi connectivity index (χ1v) is 8.27. The Hall–Kier alpha value is -1.15. The average molecular weight is 316 g/mol. The van der Waals surface area contributed by atoms with E-state index in [4.69, 9.17) is 10.5 Å². The van der Waals surface area contributed by atoms with Crippen LogP contribution in [-0.2, 0) is 10.0 Å². The summed E-state index contributed by atoms with van der Waals surface area (Å²) in [7, 11) is -2.14. The fourth-order valence-electron chi connectivity index (χ4n) is 1.88. The number of benzene rings is 1. The molecule has 7 heteroatoms. The number of rotatable bonds is 8. The molecule has 1 aromatic carbocycles. The van der Waals surface area contributed by atoms with Crippen LogP contribution >= 0.6 is 0 Å². The lowest BCUT2D eigenvalue weighted by atomic mass is 10.2. The minimum atomic E-state index is -3.66. The first kappa shape index (κ1) is 17.9. The Morgan fingerprint density at radius 3 is 2.24 bits per heavy atom. The van der Waals surface area contributed by atoms with Gasteiger partial charge in [0.25, 0.3) is 0 Å². The fraction of sp³-hybridized carbons (Fsp3) is 0.571. The van der Waals surface area contributed by atoms with Crippen molar-refractivity contribution in [2.75, 3.05) is 26.7 Å². The molecule has 0 aromatic heterocycles. The predicted octanol–water partition coefficient (Wildman–Crippen LogP) is 0.662. The van der Waals surface area contributed by atoms with Gasteiger partial charge in [-0.2, -0.15) is 4.31 Å². The van der Waals surface area contributed by atoms with Gasteiger partial charge in [-0.15, -0.1) is 0 Å². The molecule has 0 unspecified atom stereocenters. The molecule has 0 bridgehead atoms. The van der Waals surface area contributed by atoms with E-state index in [9.17, 15) is 13.5 Å². The Kier molecular flexibility index (Phi) is 6.60. The third-order valence-corrected chi connectivity index (χ3v) is 4.80. The zero-order valence-electron chi connectivity index (χ0n) is 12.7. The predicted molar refractivity (Wildman–Crippen MR) is 81.7 cm³/mol. The Labute approximate surface area is 126 Å². The van der Waals surface area contributed by atoms with Crippen molar-refractivity contribution in [2.45, 2.75) is 24.8 Å². The van der Waals surface area contributed by atoms with Crippen molar-refractivity contribution in [1.82, 2.24) is 4.31 Å². The molecule has 0 saturated heterocycles. The van der Waals surface area contributed by atoms with E-state index in [-0.39, 0.29) is 23.9 Å². The molecule has 0 radical (unpaired) electrons. The highest BCUT2D eigenvalue weighted by Crippen LogP contribution is 2.20. The topological polar surface area (TPSA) is 92.9 Å². The van der Waals surface area contributed by atoms with Crippen molar-refractivity contribution in [3.8, 4) is 5.75 Å². The summed E-state index contributed by atoms with van der Waals surface area (Å²) in [6, 6.07) is 6.19. The van der Waals surface area contributed by atoms with Crippen molar-refractivity contribution in [1.29, 1.82) is 0 Å². The number of nitrogens with zero attached hydrogens (tertiary/aromatic N) is 1. The van der Waals surface area contributed by atoms with Crippen LogP contribution < -0.4 is 10.5 Å². The minimum Gasteiger partial charge on any atom is -0.497 e. The summed E-state index contributed by atoms with van der Waals surface area (Å²) in [6.07, 6.45) is -0.878. The van der Waals surface area contributed by atoms with Crippen LogP contribution in [0.3, 0.4) is 0 Å². The number of ether oxygens (including phenoxy) is 1. The number of aliphatic hydroxyl groups is 1. The maximum Gasteiger partial charge on any atom is 0.243 e. The molecule has 120 valence electrons. The summed E-state index contributed by atoms with van der Waals surface area (Å²) < 4.78 is 31.6. The van der Waals surface area contributed by atoms with E-state index in [1.807, 2.05) is 13.8 Å². The average Bonchev–Trinajstić information content (AvgIpc) is 2.45. The molecule has 6 nitrogen and oxygen atoms in total. The molecule has 1 rings (SSSR count). The Morgan fingerprint density at radius 2 is 1.81 bits per heavy atom. The molecule has 1 atom stereocenters. The van der Waals surface area contributed by atoms with Crippen LogP contribution in [0, 0.1) is 5.92 Å². The molecule has 0 spiro atoms. The van der Waals surface area contributed by atoms with E-state index in [0.717, 1.165) is 0 Å². The van der Waals surface area contributed by atoms with E-state index < -0.39 is 16.1 Å². The van der Waals surface area contributed by atoms with Crippen LogP contribution in [0.15, 0.2) is 29.2 Å². The van der Waals surface area contributed by atoms with Gasteiger partial charge in [-0.3, -0.25) is 0 Å². The molecular formula is C14H24N2O4S. The van der Waals surface area contributed by atoms with Gasteiger partial charge < -0.3 is 15.6 Å². The second-order valence-electron chi connectivity index (χ2n) is 5.28. The molecule has 0 aliphatic rings. The number of hydrogen-bond donors (Lipinski definition) is 2. The van der Waals surface area contributed by atoms with Crippen LogP contribution in [0.25, 0.3) is 0 Å². The highest BCUT2D eigenvalue weighted by Gasteiger charge is 2.26. The van der Waals surface area contributed by atoms with E-state index in [0.29, 0.717) is 12.3 Å². The number of nitrogens with two attached hydrogens (primary N) is 1. The smallest absolute Gasteiger partial charge is 0.243 e. The third kappa shape index (κ3) is 4.96. The zero-order chi connectivity index (χ0) is 16.0. The second kappa shape index (κ2) is 7.74. The molecule has 0 aliphatic carbocycles. The Bertz CT molecular complexity index is 528. The van der Waals surface area contributed by atoms with Gasteiger partial charge in [0, 0.05) is 19.6 Å². The normalized spacial score (nSPS) is 13.7. The second-order valence-corrected chi connectivity index (χ2v) is 7.22. The number of sulfonamides is 1. The van der Waals surface area contributed by atoms with Crippen molar-refractivity contribution >= 4 is 10.0 Å². The highest BCUT2D eigenvalue weighted by atomic mass is 32.2. The Balaban J connectivity index is 3.06. The lowest BCUT2D eigenvalue weighted by Gasteiger charge is -2.26. The standard InChI is InChI=1S/C14H24N2O4S/c1-11(2)9-16(10-12(17)8-15)21(18,19)14-6-4-13(20-3)5-7-14/h4-7,11-12,17H,8-10,15H2,1-3H3/t12-/m1/s1.